The highest BCUT2D eigenvalue weighted by atomic mass is 16.6. The summed E-state index contributed by atoms with van der Waals surface area (Å²) >= 11 is 0. The molecule has 136 valence electrons. The maximum absolute atomic E-state index is 12.0. The second-order valence-corrected chi connectivity index (χ2v) is 9.20. The summed E-state index contributed by atoms with van der Waals surface area (Å²) in [5, 5.41) is 2.73. The van der Waals surface area contributed by atoms with Gasteiger partial charge >= 0.3 is 0 Å². The smallest absolute Gasteiger partial charge is 0.251 e. The van der Waals surface area contributed by atoms with E-state index in [-0.39, 0.29) is 11.3 Å². The number of ether oxygens (including phenoxy) is 1. The van der Waals surface area contributed by atoms with Crippen LogP contribution in [0.1, 0.15) is 76.4 Å². The highest BCUT2D eigenvalue weighted by Crippen LogP contribution is 2.26. The number of aryl methyl sites for hydroxylation is 1. The number of nitrogens with one attached hydrogen (secondary N) is 1. The van der Waals surface area contributed by atoms with Crippen LogP contribution in [0, 0.1) is 5.41 Å². The number of rotatable bonds is 4. The van der Waals surface area contributed by atoms with Crippen molar-refractivity contribution in [3.63, 3.8) is 0 Å². The molecule has 2 rings (SSSR count). The minimum absolute atomic E-state index is 0.00202. The first kappa shape index (κ1) is 20.7. The van der Waals surface area contributed by atoms with Crippen LogP contribution in [-0.2, 0) is 16.6 Å². The fourth-order valence-corrected chi connectivity index (χ4v) is 2.16. The molecule has 1 aliphatic rings. The van der Waals surface area contributed by atoms with Crippen LogP contribution in [0.3, 0.4) is 0 Å². The van der Waals surface area contributed by atoms with Crippen molar-refractivity contribution in [2.45, 2.75) is 72.8 Å². The van der Waals surface area contributed by atoms with Crippen LogP contribution in [-0.4, -0.2) is 25.7 Å². The lowest BCUT2D eigenvalue weighted by molar-refractivity contribution is 0.0962. The molecule has 1 amide bonds. The van der Waals surface area contributed by atoms with Crippen LogP contribution < -0.4 is 5.32 Å². The summed E-state index contributed by atoms with van der Waals surface area (Å²) in [7, 11) is 1.68. The summed E-state index contributed by atoms with van der Waals surface area (Å²) in [6.07, 6.45) is 2.30. The molecule has 24 heavy (non-hydrogen) atoms. The van der Waals surface area contributed by atoms with E-state index in [0.717, 1.165) is 30.6 Å². The molecule has 0 spiro atoms. The van der Waals surface area contributed by atoms with Gasteiger partial charge in [-0.1, -0.05) is 60.6 Å². The van der Waals surface area contributed by atoms with Gasteiger partial charge in [0.2, 0.25) is 0 Å². The van der Waals surface area contributed by atoms with Gasteiger partial charge in [0.15, 0.2) is 0 Å². The van der Waals surface area contributed by atoms with Crippen LogP contribution >= 0.6 is 0 Å². The molecule has 1 N–H and O–H groups in total. The summed E-state index contributed by atoms with van der Waals surface area (Å²) < 4.78 is 5.23. The van der Waals surface area contributed by atoms with Gasteiger partial charge < -0.3 is 10.1 Å². The van der Waals surface area contributed by atoms with Gasteiger partial charge in [-0.15, -0.1) is 0 Å². The van der Waals surface area contributed by atoms with E-state index in [2.05, 4.69) is 65.9 Å². The van der Waals surface area contributed by atoms with Crippen LogP contribution in [0.2, 0.25) is 0 Å². The summed E-state index contributed by atoms with van der Waals surface area (Å²) in [6, 6.07) is 6.25. The van der Waals surface area contributed by atoms with E-state index < -0.39 is 0 Å². The van der Waals surface area contributed by atoms with Crippen LogP contribution in [0.25, 0.3) is 0 Å². The van der Waals surface area contributed by atoms with Gasteiger partial charge in [0.25, 0.3) is 5.91 Å². The summed E-state index contributed by atoms with van der Waals surface area (Å²) in [4.78, 5) is 12.0. The molecule has 1 aromatic carbocycles. The molecule has 1 aromatic rings. The standard InChI is InChI=1S/C16H23NO2.C5H12/c1-16(2,3)12-7-5-11(6-8-13-10-19-13)14(9-12)15(18)17-4;1-5(2,3)4/h5,7,9,13H,6,8,10H2,1-4H3,(H,17,18);1-4H3/t13-;/m1./s1. The fraction of sp³-hybridized carbons (Fsp3) is 0.667. The minimum Gasteiger partial charge on any atom is -0.373 e. The van der Waals surface area contributed by atoms with Crippen molar-refractivity contribution in [2.24, 2.45) is 5.41 Å². The van der Waals surface area contributed by atoms with E-state index >= 15 is 0 Å². The highest BCUT2D eigenvalue weighted by Gasteiger charge is 2.23. The SMILES string of the molecule is CC(C)(C)C.CNC(=O)c1cc(C(C)(C)C)ccc1CC[C@@H]1CO1. The van der Waals surface area contributed by atoms with Gasteiger partial charge in [0.1, 0.15) is 0 Å². The lowest BCUT2D eigenvalue weighted by Gasteiger charge is -2.21. The van der Waals surface area contributed by atoms with Gasteiger partial charge in [-0.2, -0.15) is 0 Å². The van der Waals surface area contributed by atoms with Crippen molar-refractivity contribution < 1.29 is 9.53 Å². The topological polar surface area (TPSA) is 41.6 Å². The molecular formula is C21H35NO2. The monoisotopic (exact) mass is 333 g/mol. The molecule has 0 bridgehead atoms. The normalized spacial score (nSPS) is 16.9. The number of carbonyl (C=O) groups is 1. The van der Waals surface area contributed by atoms with Crippen LogP contribution in [0.5, 0.6) is 0 Å². The second kappa shape index (κ2) is 8.15. The largest absolute Gasteiger partial charge is 0.373 e. The highest BCUT2D eigenvalue weighted by molar-refractivity contribution is 5.95. The van der Waals surface area contributed by atoms with E-state index in [1.165, 1.54) is 5.56 Å². The molecule has 0 saturated carbocycles. The quantitative estimate of drug-likeness (QED) is 0.810. The molecule has 0 aromatic heterocycles. The maximum Gasteiger partial charge on any atom is 0.251 e. The summed E-state index contributed by atoms with van der Waals surface area (Å²) in [5.74, 6) is -0.00202. The number of carbonyl (C=O) groups excluding carboxylic acids is 1. The number of amides is 1. The third-order valence-corrected chi connectivity index (χ3v) is 3.59. The Morgan fingerprint density at radius 2 is 1.71 bits per heavy atom. The van der Waals surface area contributed by atoms with E-state index in [4.69, 9.17) is 4.74 Å². The van der Waals surface area contributed by atoms with Gasteiger partial charge in [-0.05, 0) is 40.9 Å². The Kier molecular flexibility index (Phi) is 7.03. The average Bonchev–Trinajstić information content (AvgIpc) is 3.25. The zero-order valence-corrected chi connectivity index (χ0v) is 16.7. The summed E-state index contributed by atoms with van der Waals surface area (Å²) in [6.45, 7) is 16.1. The van der Waals surface area contributed by atoms with Crippen molar-refractivity contribution in [3.8, 4) is 0 Å². The molecule has 1 heterocycles. The van der Waals surface area contributed by atoms with E-state index in [1.807, 2.05) is 6.07 Å². The van der Waals surface area contributed by atoms with Crippen LogP contribution in [0.15, 0.2) is 18.2 Å². The minimum atomic E-state index is -0.00202. The molecule has 0 aliphatic carbocycles. The maximum atomic E-state index is 12.0. The first-order valence-electron chi connectivity index (χ1n) is 8.89. The molecule has 3 heteroatoms. The van der Waals surface area contributed by atoms with Gasteiger partial charge in [-0.3, -0.25) is 4.79 Å². The zero-order valence-electron chi connectivity index (χ0n) is 16.7. The number of hydrogen-bond acceptors (Lipinski definition) is 2. The molecular weight excluding hydrogens is 298 g/mol. The van der Waals surface area contributed by atoms with Crippen LogP contribution in [0.4, 0.5) is 0 Å². The van der Waals surface area contributed by atoms with Crippen molar-refractivity contribution in [1.82, 2.24) is 5.32 Å². The molecule has 1 saturated heterocycles. The van der Waals surface area contributed by atoms with E-state index in [0.29, 0.717) is 11.5 Å². The van der Waals surface area contributed by atoms with Crippen molar-refractivity contribution in [2.75, 3.05) is 13.7 Å². The van der Waals surface area contributed by atoms with Crippen molar-refractivity contribution in [3.05, 3.63) is 34.9 Å². The van der Waals surface area contributed by atoms with E-state index in [9.17, 15) is 4.79 Å². The predicted octanol–water partition coefficient (Wildman–Crippen LogP) is 4.73. The molecule has 3 nitrogen and oxygen atoms in total. The third kappa shape index (κ3) is 7.96. The Bertz CT molecular complexity index is 540. The van der Waals surface area contributed by atoms with Gasteiger partial charge in [0.05, 0.1) is 12.7 Å². The Hall–Kier alpha value is -1.35. The lowest BCUT2D eigenvalue weighted by Crippen LogP contribution is -2.21. The van der Waals surface area contributed by atoms with Gasteiger partial charge in [-0.25, -0.2) is 0 Å². The Morgan fingerprint density at radius 3 is 2.12 bits per heavy atom. The molecule has 1 fully saturated rings. The number of benzene rings is 1. The second-order valence-electron chi connectivity index (χ2n) is 9.20. The van der Waals surface area contributed by atoms with Crippen molar-refractivity contribution in [1.29, 1.82) is 0 Å². The Balaban J connectivity index is 0.000000505. The first-order chi connectivity index (χ1) is 10.9. The lowest BCUT2D eigenvalue weighted by atomic mass is 9.84. The van der Waals surface area contributed by atoms with Gasteiger partial charge in [0, 0.05) is 12.6 Å². The third-order valence-electron chi connectivity index (χ3n) is 3.59. The Labute approximate surface area is 148 Å². The fourth-order valence-electron chi connectivity index (χ4n) is 2.16. The zero-order chi connectivity index (χ0) is 18.5. The molecule has 1 atom stereocenters. The van der Waals surface area contributed by atoms with E-state index in [1.54, 1.807) is 7.05 Å². The molecule has 1 aliphatic heterocycles. The molecule has 0 unspecified atom stereocenters. The number of epoxide rings is 1. The molecule has 0 radical (unpaired) electrons. The number of hydrogen-bond donors (Lipinski definition) is 1. The summed E-state index contributed by atoms with van der Waals surface area (Å²) in [5.41, 5.74) is 3.66. The predicted molar refractivity (Wildman–Crippen MR) is 102 cm³/mol. The average molecular weight is 334 g/mol. The van der Waals surface area contributed by atoms with Crippen molar-refractivity contribution >= 4 is 5.91 Å². The Morgan fingerprint density at radius 1 is 1.17 bits per heavy atom. The first-order valence-corrected chi connectivity index (χ1v) is 8.89.